The number of primary amides is 1. The molecule has 39 heavy (non-hydrogen) atoms. The zero-order valence-electron chi connectivity index (χ0n) is 21.6. The Balaban J connectivity index is 2.10. The molecule has 1 aromatic rings. The molecule has 0 saturated carbocycles. The van der Waals surface area contributed by atoms with Gasteiger partial charge >= 0.3 is 5.97 Å². The number of rotatable bonds is 6. The third kappa shape index (κ3) is 3.72. The first kappa shape index (κ1) is 27.8. The molecule has 0 heterocycles. The predicted molar refractivity (Wildman–Crippen MR) is 134 cm³/mol. The molecule has 3 aliphatic carbocycles. The van der Waals surface area contributed by atoms with Crippen molar-refractivity contribution in [1.82, 2.24) is 4.90 Å². The van der Waals surface area contributed by atoms with Gasteiger partial charge in [0, 0.05) is 17.9 Å². The number of phenolic OH excluding ortho intramolecular Hbond substituents is 1. The standard InChI is InChI=1S/C26H29N3O10/c1-5-12(31)39-22-13-9(2)10-6-7-11(28-8-30)19(32)14(10)20(33)15(13)23(35)26(38)17(22)18(29(3)4)21(34)16(24(26)36)25(27)37/h6-9,13,17-18,22,32,34-35,38H,5H2,1-4H3,(H2,27,37)(H,28,30)/t9-,13+,17+,18-,22-,26-/m0/s1. The zero-order chi connectivity index (χ0) is 29.1. The van der Waals surface area contributed by atoms with Crippen molar-refractivity contribution in [2.24, 2.45) is 17.6 Å². The van der Waals surface area contributed by atoms with Crippen LogP contribution in [-0.4, -0.2) is 87.0 Å². The molecule has 0 aliphatic heterocycles. The minimum Gasteiger partial charge on any atom is -0.510 e. The van der Waals surface area contributed by atoms with Gasteiger partial charge in [-0.3, -0.25) is 28.9 Å². The number of Topliss-reactive ketones (excluding diaryl/α,β-unsaturated/α-hetero) is 2. The van der Waals surface area contributed by atoms with Gasteiger partial charge in [0.1, 0.15) is 23.2 Å². The predicted octanol–water partition coefficient (Wildman–Crippen LogP) is 0.182. The number of benzene rings is 1. The second-order valence-corrected chi connectivity index (χ2v) is 10.1. The molecule has 0 saturated heterocycles. The summed E-state index contributed by atoms with van der Waals surface area (Å²) in [6.07, 6.45) is -1.30. The number of aliphatic hydroxyl groups is 3. The van der Waals surface area contributed by atoms with Crippen LogP contribution < -0.4 is 11.1 Å². The van der Waals surface area contributed by atoms with Crippen molar-refractivity contribution < 1.29 is 49.1 Å². The van der Waals surface area contributed by atoms with Gasteiger partial charge in [0.15, 0.2) is 17.1 Å². The van der Waals surface area contributed by atoms with Crippen LogP contribution in [0.1, 0.15) is 42.1 Å². The van der Waals surface area contributed by atoms with E-state index in [4.69, 9.17) is 10.5 Å². The average molecular weight is 544 g/mol. The number of aromatic hydroxyl groups is 1. The zero-order valence-corrected chi connectivity index (χ0v) is 21.6. The topological polar surface area (TPSA) is 217 Å². The molecule has 0 radical (unpaired) electrons. The van der Waals surface area contributed by atoms with Crippen molar-refractivity contribution in [3.05, 3.63) is 45.9 Å². The molecule has 13 nitrogen and oxygen atoms in total. The minimum absolute atomic E-state index is 0.102. The van der Waals surface area contributed by atoms with Crippen molar-refractivity contribution in [3.8, 4) is 5.75 Å². The summed E-state index contributed by atoms with van der Waals surface area (Å²) < 4.78 is 5.75. The number of fused-ring (bicyclic) bond motifs is 3. The van der Waals surface area contributed by atoms with Crippen LogP contribution in [-0.2, 0) is 23.9 Å². The number of aliphatic hydroxyl groups excluding tert-OH is 2. The number of esters is 1. The van der Waals surface area contributed by atoms with E-state index in [2.05, 4.69) is 5.32 Å². The Morgan fingerprint density at radius 3 is 2.38 bits per heavy atom. The van der Waals surface area contributed by atoms with E-state index in [1.807, 2.05) is 0 Å². The SMILES string of the molecule is CCC(=O)O[C@H]1[C@H]2C(=C(O)[C@]3(O)C(=O)C(C(N)=O)=C(O)[C@@H](N(C)C)[C@H]13)C(=O)c1c(ccc(NC=O)c1O)[C@@H]2C. The summed E-state index contributed by atoms with van der Waals surface area (Å²) in [4.78, 5) is 64.7. The van der Waals surface area contributed by atoms with Crippen molar-refractivity contribution in [2.75, 3.05) is 19.4 Å². The van der Waals surface area contributed by atoms with Gasteiger partial charge in [0.05, 0.1) is 23.2 Å². The van der Waals surface area contributed by atoms with Gasteiger partial charge < -0.3 is 36.2 Å². The van der Waals surface area contributed by atoms with Gasteiger partial charge in [0.2, 0.25) is 12.2 Å². The molecule has 1 aromatic carbocycles. The molecule has 6 atom stereocenters. The first-order valence-electron chi connectivity index (χ1n) is 12.2. The smallest absolute Gasteiger partial charge is 0.305 e. The van der Waals surface area contributed by atoms with Crippen LogP contribution in [0, 0.1) is 11.8 Å². The fraction of sp³-hybridized carbons (Fsp3) is 0.423. The normalized spacial score (nSPS) is 29.9. The summed E-state index contributed by atoms with van der Waals surface area (Å²) in [7, 11) is 2.93. The Morgan fingerprint density at radius 1 is 1.21 bits per heavy atom. The van der Waals surface area contributed by atoms with Gasteiger partial charge in [-0.1, -0.05) is 19.9 Å². The average Bonchev–Trinajstić information content (AvgIpc) is 2.86. The van der Waals surface area contributed by atoms with Crippen LogP contribution in [0.2, 0.25) is 0 Å². The van der Waals surface area contributed by atoms with Gasteiger partial charge in [-0.25, -0.2) is 0 Å². The molecular weight excluding hydrogens is 514 g/mol. The number of ketones is 2. The molecule has 0 spiro atoms. The van der Waals surface area contributed by atoms with E-state index in [-0.39, 0.29) is 24.1 Å². The van der Waals surface area contributed by atoms with E-state index in [9.17, 15) is 44.4 Å². The molecule has 0 bridgehead atoms. The lowest BCUT2D eigenvalue weighted by molar-refractivity contribution is -0.180. The molecule has 0 unspecified atom stereocenters. The maximum atomic E-state index is 13.9. The number of carbonyl (C=O) groups is 5. The van der Waals surface area contributed by atoms with Crippen LogP contribution in [0.3, 0.4) is 0 Å². The molecule has 4 rings (SSSR count). The summed E-state index contributed by atoms with van der Waals surface area (Å²) in [5.74, 6) is -10.6. The van der Waals surface area contributed by atoms with Crippen LogP contribution in [0.4, 0.5) is 5.69 Å². The summed E-state index contributed by atoms with van der Waals surface area (Å²) in [5.41, 5.74) is 0.741. The van der Waals surface area contributed by atoms with Crippen molar-refractivity contribution in [2.45, 2.75) is 43.9 Å². The first-order chi connectivity index (χ1) is 18.2. The second-order valence-electron chi connectivity index (χ2n) is 10.1. The van der Waals surface area contributed by atoms with Gasteiger partial charge in [0.25, 0.3) is 5.91 Å². The molecular formula is C26H29N3O10. The molecule has 0 fully saturated rings. The monoisotopic (exact) mass is 543 g/mol. The third-order valence-electron chi connectivity index (χ3n) is 7.87. The highest BCUT2D eigenvalue weighted by atomic mass is 16.5. The Bertz CT molecular complexity index is 1380. The van der Waals surface area contributed by atoms with Crippen molar-refractivity contribution in [3.63, 3.8) is 0 Å². The van der Waals surface area contributed by atoms with Gasteiger partial charge in [-0.2, -0.15) is 0 Å². The van der Waals surface area contributed by atoms with Crippen LogP contribution in [0.5, 0.6) is 5.75 Å². The number of amides is 2. The maximum absolute atomic E-state index is 13.9. The molecule has 7 N–H and O–H groups in total. The second kappa shape index (κ2) is 9.50. The Hall–Kier alpha value is -4.23. The van der Waals surface area contributed by atoms with Crippen LogP contribution in [0.15, 0.2) is 34.8 Å². The summed E-state index contributed by atoms with van der Waals surface area (Å²) in [6, 6.07) is 1.49. The van der Waals surface area contributed by atoms with E-state index in [0.717, 1.165) is 0 Å². The molecule has 13 heteroatoms. The third-order valence-corrected chi connectivity index (χ3v) is 7.87. The number of hydrogen-bond acceptors (Lipinski definition) is 11. The summed E-state index contributed by atoms with van der Waals surface area (Å²) in [5, 5.41) is 47.6. The Morgan fingerprint density at radius 2 is 1.85 bits per heavy atom. The fourth-order valence-electron chi connectivity index (χ4n) is 6.15. The quantitative estimate of drug-likeness (QED) is 0.123. The lowest BCUT2D eigenvalue weighted by Crippen LogP contribution is -2.69. The number of anilines is 1. The van der Waals surface area contributed by atoms with E-state index >= 15 is 0 Å². The number of ether oxygens (including phenoxy) is 1. The largest absolute Gasteiger partial charge is 0.510 e. The molecule has 2 amide bonds. The molecule has 0 aromatic heterocycles. The van der Waals surface area contributed by atoms with Crippen LogP contribution in [0.25, 0.3) is 0 Å². The van der Waals surface area contributed by atoms with Crippen LogP contribution >= 0.6 is 0 Å². The first-order valence-corrected chi connectivity index (χ1v) is 12.2. The van der Waals surface area contributed by atoms with E-state index < -0.39 is 87.4 Å². The highest BCUT2D eigenvalue weighted by molar-refractivity contribution is 6.25. The fourth-order valence-corrected chi connectivity index (χ4v) is 6.15. The number of likely N-dealkylation sites (N-methyl/N-ethyl adjacent to an activating group) is 1. The maximum Gasteiger partial charge on any atom is 0.305 e. The van der Waals surface area contributed by atoms with Gasteiger partial charge in [-0.05, 0) is 31.6 Å². The number of carbonyl (C=O) groups excluding carboxylic acids is 5. The summed E-state index contributed by atoms with van der Waals surface area (Å²) >= 11 is 0. The lowest BCUT2D eigenvalue weighted by atomic mass is 9.55. The van der Waals surface area contributed by atoms with E-state index in [1.54, 1.807) is 6.92 Å². The number of nitrogens with zero attached hydrogens (tertiary/aromatic N) is 1. The highest BCUT2D eigenvalue weighted by Crippen LogP contribution is 2.56. The highest BCUT2D eigenvalue weighted by Gasteiger charge is 2.68. The number of phenols is 1. The number of nitrogens with two attached hydrogens (primary N) is 1. The van der Waals surface area contributed by atoms with Gasteiger partial charge in [-0.15, -0.1) is 0 Å². The Labute approximate surface area is 222 Å². The number of hydrogen-bond donors (Lipinski definition) is 6. The lowest BCUT2D eigenvalue weighted by Gasteiger charge is -2.54. The number of nitrogens with one attached hydrogen (secondary N) is 1. The minimum atomic E-state index is -3.02. The molecule has 3 aliphatic rings. The van der Waals surface area contributed by atoms with Crippen molar-refractivity contribution >= 4 is 35.5 Å². The molecule has 208 valence electrons. The summed E-state index contributed by atoms with van der Waals surface area (Å²) in [6.45, 7) is 3.14. The van der Waals surface area contributed by atoms with E-state index in [0.29, 0.717) is 5.56 Å². The Kier molecular flexibility index (Phi) is 6.77. The van der Waals surface area contributed by atoms with Crippen molar-refractivity contribution in [1.29, 1.82) is 0 Å². The van der Waals surface area contributed by atoms with E-state index in [1.165, 1.54) is 38.1 Å².